The standard InChI is InChI=1S/C19H24N2O5S2/c1-3-26-16-9-8-14(12-17(16)25-2)13-20-19(22)15-6-4-10-21(15)28(23,24)18-7-5-11-27-18/h5,7-9,11-12,15H,3-4,6,10,13H2,1-2H3,(H,20,22). The SMILES string of the molecule is CCOc1ccc(CNC(=O)C2CCCN2S(=O)(=O)c2cccs2)cc1OC. The molecule has 1 aliphatic heterocycles. The van der Waals surface area contributed by atoms with Crippen LogP contribution in [0.25, 0.3) is 0 Å². The zero-order valence-corrected chi connectivity index (χ0v) is 17.5. The number of hydrogen-bond acceptors (Lipinski definition) is 6. The lowest BCUT2D eigenvalue weighted by molar-refractivity contribution is -0.124. The summed E-state index contributed by atoms with van der Waals surface area (Å²) in [4.78, 5) is 12.7. The summed E-state index contributed by atoms with van der Waals surface area (Å²) in [5, 5.41) is 4.57. The van der Waals surface area contributed by atoms with Crippen molar-refractivity contribution in [1.29, 1.82) is 0 Å². The van der Waals surface area contributed by atoms with Gasteiger partial charge in [-0.05, 0) is 48.9 Å². The van der Waals surface area contributed by atoms with Crippen LogP contribution in [0.3, 0.4) is 0 Å². The maximum atomic E-state index is 12.8. The molecule has 1 aliphatic rings. The number of amides is 1. The van der Waals surface area contributed by atoms with E-state index in [9.17, 15) is 13.2 Å². The van der Waals surface area contributed by atoms with Crippen molar-refractivity contribution >= 4 is 27.3 Å². The van der Waals surface area contributed by atoms with Crippen molar-refractivity contribution in [3.63, 3.8) is 0 Å². The van der Waals surface area contributed by atoms with E-state index in [1.54, 1.807) is 36.8 Å². The number of hydrogen-bond donors (Lipinski definition) is 1. The second-order valence-electron chi connectivity index (χ2n) is 6.34. The highest BCUT2D eigenvalue weighted by molar-refractivity contribution is 7.91. The molecule has 0 radical (unpaired) electrons. The second kappa shape index (κ2) is 8.93. The van der Waals surface area contributed by atoms with Crippen molar-refractivity contribution in [3.8, 4) is 11.5 Å². The van der Waals surface area contributed by atoms with Gasteiger partial charge < -0.3 is 14.8 Å². The molecule has 1 N–H and O–H groups in total. The van der Waals surface area contributed by atoms with Gasteiger partial charge in [-0.1, -0.05) is 12.1 Å². The Bertz CT molecular complexity index is 912. The first kappa shape index (κ1) is 20.6. The minimum atomic E-state index is -3.64. The van der Waals surface area contributed by atoms with Crippen LogP contribution in [-0.4, -0.2) is 44.9 Å². The molecule has 0 saturated carbocycles. The molecule has 2 aromatic rings. The third kappa shape index (κ3) is 4.31. The summed E-state index contributed by atoms with van der Waals surface area (Å²) < 4.78 is 38.0. The second-order valence-corrected chi connectivity index (χ2v) is 9.41. The summed E-state index contributed by atoms with van der Waals surface area (Å²) in [5.41, 5.74) is 0.847. The third-order valence-corrected chi connectivity index (χ3v) is 7.84. The molecule has 1 amide bonds. The number of benzene rings is 1. The van der Waals surface area contributed by atoms with Crippen molar-refractivity contribution in [3.05, 3.63) is 41.3 Å². The van der Waals surface area contributed by atoms with Gasteiger partial charge in [0.05, 0.1) is 13.7 Å². The summed E-state index contributed by atoms with van der Waals surface area (Å²) in [7, 11) is -2.08. The van der Waals surface area contributed by atoms with E-state index >= 15 is 0 Å². The van der Waals surface area contributed by atoms with Gasteiger partial charge in [0.15, 0.2) is 11.5 Å². The van der Waals surface area contributed by atoms with Gasteiger partial charge >= 0.3 is 0 Å². The van der Waals surface area contributed by atoms with Crippen LogP contribution in [0.4, 0.5) is 0 Å². The highest BCUT2D eigenvalue weighted by atomic mass is 32.2. The fourth-order valence-corrected chi connectivity index (χ4v) is 6.00. The topological polar surface area (TPSA) is 84.9 Å². The van der Waals surface area contributed by atoms with Crippen LogP contribution in [0.2, 0.25) is 0 Å². The van der Waals surface area contributed by atoms with Crippen LogP contribution < -0.4 is 14.8 Å². The molecule has 28 heavy (non-hydrogen) atoms. The van der Waals surface area contributed by atoms with Gasteiger partial charge in [-0.15, -0.1) is 11.3 Å². The van der Waals surface area contributed by atoms with E-state index in [4.69, 9.17) is 9.47 Å². The van der Waals surface area contributed by atoms with Crippen molar-refractivity contribution < 1.29 is 22.7 Å². The molecule has 1 fully saturated rings. The quantitative estimate of drug-likeness (QED) is 0.704. The Morgan fingerprint density at radius 1 is 1.32 bits per heavy atom. The van der Waals surface area contributed by atoms with Crippen molar-refractivity contribution in [2.45, 2.75) is 36.6 Å². The molecule has 0 aliphatic carbocycles. The molecule has 152 valence electrons. The molecule has 0 bridgehead atoms. The molecular weight excluding hydrogens is 400 g/mol. The maximum Gasteiger partial charge on any atom is 0.253 e. The number of rotatable bonds is 8. The van der Waals surface area contributed by atoms with Crippen LogP contribution in [0.5, 0.6) is 11.5 Å². The number of sulfonamides is 1. The summed E-state index contributed by atoms with van der Waals surface area (Å²) in [6.45, 7) is 3.06. The third-order valence-electron chi connectivity index (χ3n) is 4.56. The van der Waals surface area contributed by atoms with E-state index in [-0.39, 0.29) is 16.7 Å². The van der Waals surface area contributed by atoms with Crippen LogP contribution in [0.15, 0.2) is 39.9 Å². The van der Waals surface area contributed by atoms with Gasteiger partial charge in [-0.25, -0.2) is 8.42 Å². The van der Waals surface area contributed by atoms with Gasteiger partial charge in [0.25, 0.3) is 10.0 Å². The number of nitrogens with zero attached hydrogens (tertiary/aromatic N) is 1. The highest BCUT2D eigenvalue weighted by Gasteiger charge is 2.39. The van der Waals surface area contributed by atoms with Gasteiger partial charge in [0, 0.05) is 13.1 Å². The number of carbonyl (C=O) groups is 1. The van der Waals surface area contributed by atoms with Crippen LogP contribution in [-0.2, 0) is 21.4 Å². The number of carbonyl (C=O) groups excluding carboxylic acids is 1. The molecule has 7 nitrogen and oxygen atoms in total. The first-order valence-corrected chi connectivity index (χ1v) is 11.4. The predicted octanol–water partition coefficient (Wildman–Crippen LogP) is 2.62. The van der Waals surface area contributed by atoms with Crippen molar-refractivity contribution in [2.75, 3.05) is 20.3 Å². The Labute approximate surface area is 169 Å². The van der Waals surface area contributed by atoms with E-state index < -0.39 is 16.1 Å². The zero-order valence-electron chi connectivity index (χ0n) is 15.9. The van der Waals surface area contributed by atoms with E-state index in [1.165, 1.54) is 4.31 Å². The molecule has 2 heterocycles. The predicted molar refractivity (Wildman–Crippen MR) is 107 cm³/mol. The summed E-state index contributed by atoms with van der Waals surface area (Å²) >= 11 is 1.16. The van der Waals surface area contributed by atoms with Gasteiger partial charge in [-0.3, -0.25) is 4.79 Å². The van der Waals surface area contributed by atoms with Crippen molar-refractivity contribution in [1.82, 2.24) is 9.62 Å². The van der Waals surface area contributed by atoms with E-state index in [0.717, 1.165) is 16.9 Å². The molecule has 1 aromatic heterocycles. The highest BCUT2D eigenvalue weighted by Crippen LogP contribution is 2.30. The zero-order chi connectivity index (χ0) is 20.1. The number of ether oxygens (including phenoxy) is 2. The van der Waals surface area contributed by atoms with Gasteiger partial charge in [0.2, 0.25) is 5.91 Å². The van der Waals surface area contributed by atoms with E-state index in [0.29, 0.717) is 37.5 Å². The largest absolute Gasteiger partial charge is 0.493 e. The maximum absolute atomic E-state index is 12.8. The van der Waals surface area contributed by atoms with Crippen molar-refractivity contribution in [2.24, 2.45) is 0 Å². The number of methoxy groups -OCH3 is 1. The Kier molecular flexibility index (Phi) is 6.58. The lowest BCUT2D eigenvalue weighted by atomic mass is 10.1. The molecule has 3 rings (SSSR count). The summed E-state index contributed by atoms with van der Waals surface area (Å²) in [5.74, 6) is 0.950. The smallest absolute Gasteiger partial charge is 0.253 e. The Morgan fingerprint density at radius 2 is 2.14 bits per heavy atom. The molecular formula is C19H24N2O5S2. The monoisotopic (exact) mass is 424 g/mol. The average Bonchev–Trinajstić information content (AvgIpc) is 3.39. The van der Waals surface area contributed by atoms with E-state index in [2.05, 4.69) is 5.32 Å². The minimum Gasteiger partial charge on any atom is -0.493 e. The fraction of sp³-hybridized carbons (Fsp3) is 0.421. The molecule has 1 aromatic carbocycles. The first-order valence-electron chi connectivity index (χ1n) is 9.10. The number of thiophene rings is 1. The Morgan fingerprint density at radius 3 is 2.82 bits per heavy atom. The average molecular weight is 425 g/mol. The molecule has 1 unspecified atom stereocenters. The fourth-order valence-electron chi connectivity index (χ4n) is 3.22. The van der Waals surface area contributed by atoms with Gasteiger partial charge in [0.1, 0.15) is 10.3 Å². The van der Waals surface area contributed by atoms with Crippen LogP contribution in [0, 0.1) is 0 Å². The van der Waals surface area contributed by atoms with Crippen LogP contribution >= 0.6 is 11.3 Å². The minimum absolute atomic E-state index is 0.267. The molecule has 0 spiro atoms. The van der Waals surface area contributed by atoms with E-state index in [1.807, 2.05) is 13.0 Å². The lowest BCUT2D eigenvalue weighted by Crippen LogP contribution is -2.45. The summed E-state index contributed by atoms with van der Waals surface area (Å²) in [6, 6.07) is 8.04. The van der Waals surface area contributed by atoms with Gasteiger partial charge in [-0.2, -0.15) is 4.31 Å². The first-order chi connectivity index (χ1) is 13.5. The normalized spacial score (nSPS) is 17.4. The lowest BCUT2D eigenvalue weighted by Gasteiger charge is -2.22. The Hall–Kier alpha value is -2.10. The summed E-state index contributed by atoms with van der Waals surface area (Å²) in [6.07, 6.45) is 1.18. The molecule has 1 saturated heterocycles. The molecule has 1 atom stereocenters. The molecule has 9 heteroatoms. The van der Waals surface area contributed by atoms with Crippen LogP contribution in [0.1, 0.15) is 25.3 Å². The Balaban J connectivity index is 1.67. The number of nitrogens with one attached hydrogen (secondary N) is 1.